The fourth-order valence-corrected chi connectivity index (χ4v) is 8.53. The summed E-state index contributed by atoms with van der Waals surface area (Å²) in [4.78, 5) is 64.3. The van der Waals surface area contributed by atoms with Gasteiger partial charge in [-0.25, -0.2) is 4.79 Å². The van der Waals surface area contributed by atoms with Gasteiger partial charge >= 0.3 is 11.9 Å². The molecular formula is C30H33I4N3O9. The van der Waals surface area contributed by atoms with Crippen molar-refractivity contribution in [3.63, 3.8) is 0 Å². The molecule has 2 aromatic carbocycles. The van der Waals surface area contributed by atoms with Crippen molar-refractivity contribution in [1.29, 1.82) is 0 Å². The lowest BCUT2D eigenvalue weighted by molar-refractivity contribution is -0.145. The molecule has 1 aliphatic rings. The molecule has 1 saturated heterocycles. The SMILES string of the molecule is COC(=O)C(Cc1cc(I)c(Oc2cc(I)c(O)c(I)c2)c(I)c1)NC(=O)CCCC(=O)N1CCN(C(=O)CCCC(=O)O)CC1. The van der Waals surface area contributed by atoms with E-state index in [2.05, 4.69) is 50.5 Å². The maximum Gasteiger partial charge on any atom is 0.328 e. The van der Waals surface area contributed by atoms with E-state index >= 15 is 0 Å². The summed E-state index contributed by atoms with van der Waals surface area (Å²) >= 11 is 8.39. The first-order valence-electron chi connectivity index (χ1n) is 14.3. The Hall–Kier alpha value is -1.69. The van der Waals surface area contributed by atoms with E-state index < -0.39 is 18.0 Å². The number of aliphatic carboxylic acids is 1. The summed E-state index contributed by atoms with van der Waals surface area (Å²) in [7, 11) is 1.26. The van der Waals surface area contributed by atoms with Crippen LogP contribution >= 0.6 is 90.4 Å². The van der Waals surface area contributed by atoms with E-state index in [0.29, 0.717) is 51.2 Å². The minimum Gasteiger partial charge on any atom is -0.506 e. The number of nitrogens with zero attached hydrogens (tertiary/aromatic N) is 2. The van der Waals surface area contributed by atoms with Crippen LogP contribution in [0.5, 0.6) is 17.2 Å². The fourth-order valence-electron chi connectivity index (χ4n) is 4.70. The fraction of sp³-hybridized carbons (Fsp3) is 0.433. The maximum absolute atomic E-state index is 12.8. The van der Waals surface area contributed by atoms with Gasteiger partial charge < -0.3 is 34.8 Å². The number of hydrogen-bond acceptors (Lipinski definition) is 8. The maximum atomic E-state index is 12.8. The molecule has 12 nitrogen and oxygen atoms in total. The van der Waals surface area contributed by atoms with Crippen molar-refractivity contribution >= 4 is 120 Å². The van der Waals surface area contributed by atoms with Crippen LogP contribution in [0.25, 0.3) is 0 Å². The van der Waals surface area contributed by atoms with Gasteiger partial charge in [-0.05, 0) is 133 Å². The molecule has 0 aromatic heterocycles. The third-order valence-electron chi connectivity index (χ3n) is 7.09. The number of carboxylic acid groups (broad SMARTS) is 1. The number of carbonyl (C=O) groups excluding carboxylic acids is 4. The second-order valence-corrected chi connectivity index (χ2v) is 15.1. The smallest absolute Gasteiger partial charge is 0.328 e. The summed E-state index contributed by atoms with van der Waals surface area (Å²) in [6, 6.07) is 6.31. The monoisotopic (exact) mass is 1090 g/mol. The molecule has 0 spiro atoms. The number of carboxylic acids is 1. The largest absolute Gasteiger partial charge is 0.506 e. The van der Waals surface area contributed by atoms with Gasteiger partial charge in [0.1, 0.15) is 17.5 Å². The number of piperazine rings is 1. The first kappa shape index (κ1) is 38.8. The van der Waals surface area contributed by atoms with Crippen LogP contribution in [0.1, 0.15) is 44.1 Å². The van der Waals surface area contributed by atoms with Crippen LogP contribution in [0.4, 0.5) is 0 Å². The van der Waals surface area contributed by atoms with E-state index in [0.717, 1.165) is 12.7 Å². The van der Waals surface area contributed by atoms with Crippen LogP contribution in [0, 0.1) is 14.3 Å². The average molecular weight is 1090 g/mol. The van der Waals surface area contributed by atoms with E-state index in [1.54, 1.807) is 21.9 Å². The lowest BCUT2D eigenvalue weighted by Crippen LogP contribution is -2.50. The zero-order valence-corrected chi connectivity index (χ0v) is 33.5. The van der Waals surface area contributed by atoms with Crippen molar-refractivity contribution in [2.75, 3.05) is 33.3 Å². The van der Waals surface area contributed by atoms with E-state index in [4.69, 9.17) is 14.6 Å². The van der Waals surface area contributed by atoms with Crippen LogP contribution in [-0.2, 0) is 35.1 Å². The minimum absolute atomic E-state index is 0.0489. The zero-order chi connectivity index (χ0) is 34.0. The van der Waals surface area contributed by atoms with Crippen molar-refractivity contribution in [3.05, 3.63) is 44.1 Å². The van der Waals surface area contributed by atoms with Crippen molar-refractivity contribution in [2.24, 2.45) is 0 Å². The van der Waals surface area contributed by atoms with Gasteiger partial charge in [0.25, 0.3) is 0 Å². The Morgan fingerprint density at radius 1 is 0.804 bits per heavy atom. The van der Waals surface area contributed by atoms with Crippen LogP contribution in [0.3, 0.4) is 0 Å². The van der Waals surface area contributed by atoms with E-state index in [-0.39, 0.29) is 62.0 Å². The van der Waals surface area contributed by atoms with Gasteiger partial charge in [-0.15, -0.1) is 0 Å². The Kier molecular flexibility index (Phi) is 15.8. The minimum atomic E-state index is -0.934. The first-order valence-corrected chi connectivity index (χ1v) is 18.6. The van der Waals surface area contributed by atoms with Gasteiger partial charge in [0, 0.05) is 58.3 Å². The summed E-state index contributed by atoms with van der Waals surface area (Å²) in [5.74, 6) is -0.705. The normalized spacial score (nSPS) is 13.6. The molecule has 1 unspecified atom stereocenters. The van der Waals surface area contributed by atoms with E-state index in [1.165, 1.54) is 7.11 Å². The zero-order valence-electron chi connectivity index (χ0n) is 24.8. The summed E-state index contributed by atoms with van der Waals surface area (Å²) < 4.78 is 14.0. The number of amides is 3. The number of benzene rings is 2. The molecule has 1 aliphatic heterocycles. The highest BCUT2D eigenvalue weighted by atomic mass is 127. The molecule has 1 heterocycles. The number of hydrogen-bond donors (Lipinski definition) is 3. The lowest BCUT2D eigenvalue weighted by Gasteiger charge is -2.35. The molecule has 46 heavy (non-hydrogen) atoms. The van der Waals surface area contributed by atoms with E-state index in [1.807, 2.05) is 57.3 Å². The van der Waals surface area contributed by atoms with Gasteiger partial charge in [0.05, 0.1) is 21.4 Å². The lowest BCUT2D eigenvalue weighted by atomic mass is 10.1. The molecule has 3 amide bonds. The molecule has 0 aliphatic carbocycles. The van der Waals surface area contributed by atoms with Crippen LogP contribution in [0.15, 0.2) is 24.3 Å². The highest BCUT2D eigenvalue weighted by molar-refractivity contribution is 14.1. The summed E-state index contributed by atoms with van der Waals surface area (Å²) in [6.45, 7) is 1.54. The van der Waals surface area contributed by atoms with Crippen molar-refractivity contribution < 1.29 is 43.7 Å². The van der Waals surface area contributed by atoms with Crippen LogP contribution in [-0.4, -0.2) is 89.0 Å². The average Bonchev–Trinajstić information content (AvgIpc) is 3.00. The number of methoxy groups -OCH3 is 1. The number of phenols is 1. The van der Waals surface area contributed by atoms with Crippen molar-refractivity contribution in [2.45, 2.75) is 51.0 Å². The Morgan fingerprint density at radius 3 is 1.78 bits per heavy atom. The molecule has 16 heteroatoms. The number of halogens is 4. The quantitative estimate of drug-likeness (QED) is 0.177. The van der Waals surface area contributed by atoms with Gasteiger partial charge in [0.15, 0.2) is 5.75 Å². The predicted molar refractivity (Wildman–Crippen MR) is 202 cm³/mol. The van der Waals surface area contributed by atoms with Gasteiger partial charge in [-0.1, -0.05) is 0 Å². The standard InChI is InChI=1S/C30H33I4N3O9/c1-45-30(44)23(14-17-12-21(33)29(22(34)13-17)46-18-15-19(31)28(43)20(32)16-18)35-24(38)4-2-5-25(39)36-8-10-37(11-9-36)26(40)6-3-7-27(41)42/h12-13,15-16,23,43H,2-11,14H2,1H3,(H,35,38)(H,41,42). The highest BCUT2D eigenvalue weighted by Crippen LogP contribution is 2.37. The third-order valence-corrected chi connectivity index (χ3v) is 10.3. The topological polar surface area (TPSA) is 163 Å². The Balaban J connectivity index is 1.50. The summed E-state index contributed by atoms with van der Waals surface area (Å²) in [6.07, 6.45) is 1.09. The molecule has 0 saturated carbocycles. The molecule has 2 aromatic rings. The molecule has 3 rings (SSSR count). The Labute approximate surface area is 321 Å². The molecule has 1 atom stereocenters. The molecule has 1 fully saturated rings. The molecule has 3 N–H and O–H groups in total. The third kappa shape index (κ3) is 11.8. The van der Waals surface area contributed by atoms with Crippen LogP contribution < -0.4 is 10.1 Å². The van der Waals surface area contributed by atoms with Gasteiger partial charge in [0.2, 0.25) is 17.7 Å². The van der Waals surface area contributed by atoms with Crippen LogP contribution in [0.2, 0.25) is 0 Å². The van der Waals surface area contributed by atoms with Crippen molar-refractivity contribution in [1.82, 2.24) is 15.1 Å². The predicted octanol–water partition coefficient (Wildman–Crippen LogP) is 4.90. The number of ether oxygens (including phenoxy) is 2. The molecular weight excluding hydrogens is 1050 g/mol. The first-order chi connectivity index (χ1) is 21.8. The van der Waals surface area contributed by atoms with E-state index in [9.17, 15) is 29.1 Å². The number of phenolic OH excluding ortho intramolecular Hbond substituents is 1. The molecule has 250 valence electrons. The van der Waals surface area contributed by atoms with Gasteiger partial charge in [-0.3, -0.25) is 19.2 Å². The number of esters is 1. The highest BCUT2D eigenvalue weighted by Gasteiger charge is 2.26. The van der Waals surface area contributed by atoms with Gasteiger partial charge in [-0.2, -0.15) is 0 Å². The number of carbonyl (C=O) groups is 5. The molecule has 0 radical (unpaired) electrons. The number of rotatable bonds is 14. The molecule has 0 bridgehead atoms. The number of aromatic hydroxyl groups is 1. The summed E-state index contributed by atoms with van der Waals surface area (Å²) in [5.41, 5.74) is 0.793. The summed E-state index contributed by atoms with van der Waals surface area (Å²) in [5, 5.41) is 21.5. The Morgan fingerprint density at radius 2 is 1.30 bits per heavy atom. The van der Waals surface area contributed by atoms with Crippen molar-refractivity contribution in [3.8, 4) is 17.2 Å². The second-order valence-electron chi connectivity index (χ2n) is 10.4. The second kappa shape index (κ2) is 18.7. The Bertz CT molecular complexity index is 1420. The number of nitrogens with one attached hydrogen (secondary N) is 1.